The van der Waals surface area contributed by atoms with E-state index in [1.54, 1.807) is 12.4 Å². The number of aromatic nitrogens is 2. The third-order valence-electron chi connectivity index (χ3n) is 5.65. The predicted octanol–water partition coefficient (Wildman–Crippen LogP) is 2.48. The maximum Gasteiger partial charge on any atom is 0.225 e. The molecule has 1 aromatic carbocycles. The number of aliphatic imine (C=N–C) groups is 1. The van der Waals surface area contributed by atoms with Gasteiger partial charge in [-0.15, -0.1) is 0 Å². The summed E-state index contributed by atoms with van der Waals surface area (Å²) in [6.07, 6.45) is 3.59. The monoisotopic (exact) mass is 439 g/mol. The molecule has 0 bridgehead atoms. The minimum Gasteiger partial charge on any atom is -0.492 e. The number of nitrogens with one attached hydrogen (secondary N) is 1. The molecule has 174 valence electrons. The lowest BCUT2D eigenvalue weighted by molar-refractivity contribution is 0.223. The molecule has 0 saturated carbocycles. The summed E-state index contributed by atoms with van der Waals surface area (Å²) in [5.41, 5.74) is 1.17. The molecular weight excluding hydrogens is 402 g/mol. The van der Waals surface area contributed by atoms with Gasteiger partial charge in [-0.05, 0) is 43.8 Å². The van der Waals surface area contributed by atoms with Crippen LogP contribution in [0.2, 0.25) is 0 Å². The van der Waals surface area contributed by atoms with Crippen LogP contribution in [-0.2, 0) is 6.54 Å². The molecule has 1 aliphatic rings. The SMILES string of the molecule is CCNC(=NCc1ccc(OCCN(CC)CC)cc1)N1CCN(c2ncccn2)CC1. The Hall–Kier alpha value is -2.87. The van der Waals surface area contributed by atoms with Crippen molar-refractivity contribution >= 4 is 11.9 Å². The third kappa shape index (κ3) is 7.09. The highest BCUT2D eigenvalue weighted by Gasteiger charge is 2.21. The van der Waals surface area contributed by atoms with Gasteiger partial charge in [0.2, 0.25) is 5.95 Å². The summed E-state index contributed by atoms with van der Waals surface area (Å²) in [4.78, 5) is 20.5. The van der Waals surface area contributed by atoms with Gasteiger partial charge in [-0.1, -0.05) is 26.0 Å². The van der Waals surface area contributed by atoms with E-state index >= 15 is 0 Å². The Morgan fingerprint density at radius 3 is 2.34 bits per heavy atom. The first-order chi connectivity index (χ1) is 15.7. The largest absolute Gasteiger partial charge is 0.492 e. The van der Waals surface area contributed by atoms with E-state index in [2.05, 4.69) is 62.9 Å². The molecule has 1 aromatic heterocycles. The lowest BCUT2D eigenvalue weighted by Crippen LogP contribution is -2.52. The number of benzene rings is 1. The Morgan fingerprint density at radius 1 is 1.03 bits per heavy atom. The zero-order valence-electron chi connectivity index (χ0n) is 19.7. The Bertz CT molecular complexity index is 801. The second-order valence-corrected chi connectivity index (χ2v) is 7.71. The van der Waals surface area contributed by atoms with Crippen molar-refractivity contribution in [3.63, 3.8) is 0 Å². The lowest BCUT2D eigenvalue weighted by atomic mass is 10.2. The van der Waals surface area contributed by atoms with Gasteiger partial charge in [0.05, 0.1) is 6.54 Å². The molecule has 3 rings (SSSR count). The van der Waals surface area contributed by atoms with Crippen molar-refractivity contribution in [3.8, 4) is 5.75 Å². The molecule has 0 amide bonds. The first-order valence-electron chi connectivity index (χ1n) is 11.7. The normalized spacial score (nSPS) is 14.7. The molecule has 2 heterocycles. The molecule has 1 saturated heterocycles. The van der Waals surface area contributed by atoms with Crippen molar-refractivity contribution in [1.82, 2.24) is 25.1 Å². The van der Waals surface area contributed by atoms with Gasteiger partial charge in [-0.25, -0.2) is 15.0 Å². The summed E-state index contributed by atoms with van der Waals surface area (Å²) in [7, 11) is 0. The summed E-state index contributed by atoms with van der Waals surface area (Å²) < 4.78 is 5.89. The fraction of sp³-hybridized carbons (Fsp3) is 0.542. The van der Waals surface area contributed by atoms with Gasteiger partial charge in [0, 0.05) is 51.7 Å². The van der Waals surface area contributed by atoms with E-state index in [1.165, 1.54) is 5.56 Å². The fourth-order valence-corrected chi connectivity index (χ4v) is 3.69. The van der Waals surface area contributed by atoms with Crippen molar-refractivity contribution in [2.75, 3.05) is 63.9 Å². The maximum atomic E-state index is 5.89. The molecule has 0 spiro atoms. The zero-order valence-corrected chi connectivity index (χ0v) is 19.7. The third-order valence-corrected chi connectivity index (χ3v) is 5.65. The minimum absolute atomic E-state index is 0.643. The lowest BCUT2D eigenvalue weighted by Gasteiger charge is -2.36. The van der Waals surface area contributed by atoms with Crippen LogP contribution in [0.3, 0.4) is 0 Å². The number of anilines is 1. The van der Waals surface area contributed by atoms with Crippen molar-refractivity contribution in [1.29, 1.82) is 0 Å². The van der Waals surface area contributed by atoms with Crippen LogP contribution in [0.15, 0.2) is 47.7 Å². The Balaban J connectivity index is 1.50. The number of rotatable bonds is 10. The van der Waals surface area contributed by atoms with Crippen LogP contribution in [0.5, 0.6) is 5.75 Å². The number of nitrogens with zero attached hydrogens (tertiary/aromatic N) is 6. The molecule has 0 aliphatic carbocycles. The predicted molar refractivity (Wildman–Crippen MR) is 130 cm³/mol. The smallest absolute Gasteiger partial charge is 0.225 e. The fourth-order valence-electron chi connectivity index (χ4n) is 3.69. The quantitative estimate of drug-likeness (QED) is 0.451. The second kappa shape index (κ2) is 12.9. The molecule has 8 heteroatoms. The number of hydrogen-bond acceptors (Lipinski definition) is 6. The second-order valence-electron chi connectivity index (χ2n) is 7.71. The van der Waals surface area contributed by atoms with Crippen molar-refractivity contribution < 1.29 is 4.74 Å². The molecule has 32 heavy (non-hydrogen) atoms. The first kappa shape index (κ1) is 23.8. The Labute approximate surface area is 192 Å². The van der Waals surface area contributed by atoms with Gasteiger partial charge in [-0.2, -0.15) is 0 Å². The topological polar surface area (TPSA) is 69.1 Å². The van der Waals surface area contributed by atoms with Crippen LogP contribution in [0.4, 0.5) is 5.95 Å². The van der Waals surface area contributed by atoms with Crippen LogP contribution in [0, 0.1) is 0 Å². The van der Waals surface area contributed by atoms with Crippen molar-refractivity contribution in [2.45, 2.75) is 27.3 Å². The molecule has 0 unspecified atom stereocenters. The van der Waals surface area contributed by atoms with Crippen LogP contribution < -0.4 is 15.0 Å². The summed E-state index contributed by atoms with van der Waals surface area (Å²) in [6, 6.07) is 10.1. The van der Waals surface area contributed by atoms with Gasteiger partial charge in [0.15, 0.2) is 5.96 Å². The summed E-state index contributed by atoms with van der Waals surface area (Å²) in [5, 5.41) is 3.43. The van der Waals surface area contributed by atoms with E-state index in [0.29, 0.717) is 13.2 Å². The van der Waals surface area contributed by atoms with Gasteiger partial charge in [0.25, 0.3) is 0 Å². The number of hydrogen-bond donors (Lipinski definition) is 1. The standard InChI is InChI=1S/C24H37N7O/c1-4-25-23(30-14-16-31(17-15-30)24-26-12-7-13-27-24)28-20-21-8-10-22(11-9-21)32-19-18-29(5-2)6-3/h7-13H,4-6,14-20H2,1-3H3,(H,25,28). The molecule has 1 aliphatic heterocycles. The van der Waals surface area contributed by atoms with Crippen LogP contribution in [0.1, 0.15) is 26.3 Å². The average molecular weight is 440 g/mol. The highest BCUT2D eigenvalue weighted by molar-refractivity contribution is 5.80. The Morgan fingerprint density at radius 2 is 1.72 bits per heavy atom. The maximum absolute atomic E-state index is 5.89. The van der Waals surface area contributed by atoms with E-state index in [-0.39, 0.29) is 0 Å². The van der Waals surface area contributed by atoms with Gasteiger partial charge in [-0.3, -0.25) is 0 Å². The highest BCUT2D eigenvalue weighted by Crippen LogP contribution is 2.14. The summed E-state index contributed by atoms with van der Waals surface area (Å²) in [5.74, 6) is 2.67. The average Bonchev–Trinajstić information content (AvgIpc) is 2.86. The number of likely N-dealkylation sites (N-methyl/N-ethyl adjacent to an activating group) is 1. The number of piperazine rings is 1. The first-order valence-corrected chi connectivity index (χ1v) is 11.7. The van der Waals surface area contributed by atoms with E-state index in [0.717, 1.165) is 70.0 Å². The molecule has 0 radical (unpaired) electrons. The summed E-state index contributed by atoms with van der Waals surface area (Å²) in [6.45, 7) is 15.3. The van der Waals surface area contributed by atoms with Crippen LogP contribution in [0.25, 0.3) is 0 Å². The van der Waals surface area contributed by atoms with Gasteiger partial charge >= 0.3 is 0 Å². The highest BCUT2D eigenvalue weighted by atomic mass is 16.5. The van der Waals surface area contributed by atoms with E-state index in [9.17, 15) is 0 Å². The number of ether oxygens (including phenoxy) is 1. The molecule has 1 N–H and O–H groups in total. The molecular formula is C24H37N7O. The Kier molecular flexibility index (Phi) is 9.56. The van der Waals surface area contributed by atoms with Crippen LogP contribution in [-0.4, -0.2) is 84.7 Å². The van der Waals surface area contributed by atoms with E-state index < -0.39 is 0 Å². The van der Waals surface area contributed by atoms with Gasteiger partial charge < -0.3 is 24.8 Å². The molecule has 2 aromatic rings. The van der Waals surface area contributed by atoms with E-state index in [1.807, 2.05) is 18.2 Å². The van der Waals surface area contributed by atoms with Crippen molar-refractivity contribution in [3.05, 3.63) is 48.3 Å². The number of guanidine groups is 1. The van der Waals surface area contributed by atoms with Gasteiger partial charge in [0.1, 0.15) is 12.4 Å². The van der Waals surface area contributed by atoms with Crippen LogP contribution >= 0.6 is 0 Å². The van der Waals surface area contributed by atoms with Crippen molar-refractivity contribution in [2.24, 2.45) is 4.99 Å². The zero-order chi connectivity index (χ0) is 22.6. The molecule has 8 nitrogen and oxygen atoms in total. The van der Waals surface area contributed by atoms with E-state index in [4.69, 9.17) is 9.73 Å². The molecule has 0 atom stereocenters. The minimum atomic E-state index is 0.643. The summed E-state index contributed by atoms with van der Waals surface area (Å²) >= 11 is 0. The molecule has 1 fully saturated rings.